The molecule has 0 unspecified atom stereocenters. The van der Waals surface area contributed by atoms with Gasteiger partial charge in [-0.2, -0.15) is 0 Å². The molecule has 0 fully saturated rings. The predicted octanol–water partition coefficient (Wildman–Crippen LogP) is 4.27. The molecule has 0 saturated carbocycles. The lowest BCUT2D eigenvalue weighted by atomic mass is 10.2. The number of hydrogen-bond acceptors (Lipinski definition) is 2. The van der Waals surface area contributed by atoms with Crippen LogP contribution in [-0.4, -0.2) is 17.6 Å². The Morgan fingerprint density at radius 1 is 1.23 bits per heavy atom. The summed E-state index contributed by atoms with van der Waals surface area (Å²) < 4.78 is 20.6. The zero-order valence-electron chi connectivity index (χ0n) is 11.8. The lowest BCUT2D eigenvalue weighted by molar-refractivity contribution is 0.0602. The Kier molecular flexibility index (Phi) is 3.86. The average Bonchev–Trinajstić information content (AvgIpc) is 2.89. The second-order valence-electron chi connectivity index (χ2n) is 4.88. The minimum absolute atomic E-state index is 0.239. The molecule has 0 radical (unpaired) electrons. The molecule has 0 saturated heterocycles. The highest BCUT2D eigenvalue weighted by Crippen LogP contribution is 2.26. The number of para-hydroxylation sites is 1. The van der Waals surface area contributed by atoms with Crippen LogP contribution in [0, 0.1) is 5.82 Å². The Hall–Kier alpha value is -2.33. The van der Waals surface area contributed by atoms with Gasteiger partial charge in [0.05, 0.1) is 19.2 Å². The monoisotopic (exact) mass is 317 g/mol. The number of esters is 1. The maximum atomic E-state index is 14.0. The predicted molar refractivity (Wildman–Crippen MR) is 83.8 cm³/mol. The Morgan fingerprint density at radius 3 is 2.73 bits per heavy atom. The van der Waals surface area contributed by atoms with E-state index in [2.05, 4.69) is 0 Å². The zero-order chi connectivity index (χ0) is 15.7. The summed E-state index contributed by atoms with van der Waals surface area (Å²) in [5, 5.41) is 1.12. The van der Waals surface area contributed by atoms with E-state index in [1.807, 2.05) is 24.3 Å². The number of aromatic nitrogens is 1. The van der Waals surface area contributed by atoms with Crippen molar-refractivity contribution in [3.05, 3.63) is 70.6 Å². The van der Waals surface area contributed by atoms with Crippen molar-refractivity contribution in [2.24, 2.45) is 0 Å². The molecule has 3 aromatic rings. The van der Waals surface area contributed by atoms with Crippen molar-refractivity contribution in [2.75, 3.05) is 7.11 Å². The van der Waals surface area contributed by atoms with Crippen LogP contribution in [0.25, 0.3) is 10.9 Å². The first-order valence-electron chi connectivity index (χ1n) is 6.71. The van der Waals surface area contributed by atoms with Gasteiger partial charge in [-0.15, -0.1) is 0 Å². The van der Waals surface area contributed by atoms with E-state index < -0.39 is 5.97 Å². The van der Waals surface area contributed by atoms with Gasteiger partial charge in [0.25, 0.3) is 0 Å². The van der Waals surface area contributed by atoms with Crippen molar-refractivity contribution in [2.45, 2.75) is 6.54 Å². The molecule has 0 spiro atoms. The highest BCUT2D eigenvalue weighted by Gasteiger charge is 2.16. The SMILES string of the molecule is COC(=O)c1cn(Cc2c(F)cccc2Cl)c2ccccc12. The Morgan fingerprint density at radius 2 is 2.00 bits per heavy atom. The maximum Gasteiger partial charge on any atom is 0.340 e. The van der Waals surface area contributed by atoms with Crippen LogP contribution in [0.3, 0.4) is 0 Å². The molecule has 3 rings (SSSR count). The van der Waals surface area contributed by atoms with E-state index in [1.165, 1.54) is 13.2 Å². The molecular formula is C17H13ClFNO2. The van der Waals surface area contributed by atoms with E-state index in [4.69, 9.17) is 16.3 Å². The molecule has 0 amide bonds. The lowest BCUT2D eigenvalue weighted by Gasteiger charge is -2.08. The van der Waals surface area contributed by atoms with E-state index in [-0.39, 0.29) is 12.4 Å². The van der Waals surface area contributed by atoms with E-state index in [0.717, 1.165) is 10.9 Å². The molecule has 0 N–H and O–H groups in total. The number of carbonyl (C=O) groups is 1. The van der Waals surface area contributed by atoms with Crippen LogP contribution in [0.15, 0.2) is 48.7 Å². The van der Waals surface area contributed by atoms with Crippen LogP contribution in [0.2, 0.25) is 5.02 Å². The molecule has 0 aliphatic carbocycles. The summed E-state index contributed by atoms with van der Waals surface area (Å²) in [6.45, 7) is 0.239. The number of nitrogens with zero attached hydrogens (tertiary/aromatic N) is 1. The fourth-order valence-corrected chi connectivity index (χ4v) is 2.73. The summed E-state index contributed by atoms with van der Waals surface area (Å²) >= 11 is 6.08. The largest absolute Gasteiger partial charge is 0.465 e. The van der Waals surface area contributed by atoms with Gasteiger partial charge in [0.1, 0.15) is 5.82 Å². The molecule has 0 aliphatic rings. The van der Waals surface area contributed by atoms with E-state index in [9.17, 15) is 9.18 Å². The molecule has 5 heteroatoms. The maximum absolute atomic E-state index is 14.0. The van der Waals surface area contributed by atoms with Crippen molar-refractivity contribution in [3.63, 3.8) is 0 Å². The highest BCUT2D eigenvalue weighted by atomic mass is 35.5. The number of rotatable bonds is 3. The minimum atomic E-state index is -0.422. The quantitative estimate of drug-likeness (QED) is 0.676. The van der Waals surface area contributed by atoms with Gasteiger partial charge >= 0.3 is 5.97 Å². The van der Waals surface area contributed by atoms with Gasteiger partial charge in [-0.25, -0.2) is 9.18 Å². The number of methoxy groups -OCH3 is 1. The third-order valence-corrected chi connectivity index (χ3v) is 3.94. The van der Waals surface area contributed by atoms with Crippen molar-refractivity contribution in [1.82, 2.24) is 4.57 Å². The molecule has 0 bridgehead atoms. The van der Waals surface area contributed by atoms with Gasteiger partial charge in [-0.1, -0.05) is 35.9 Å². The normalized spacial score (nSPS) is 10.9. The van der Waals surface area contributed by atoms with Crippen LogP contribution >= 0.6 is 11.6 Å². The number of ether oxygens (including phenoxy) is 1. The van der Waals surface area contributed by atoms with E-state index in [0.29, 0.717) is 16.1 Å². The number of hydrogen-bond donors (Lipinski definition) is 0. The Bertz CT molecular complexity index is 837. The highest BCUT2D eigenvalue weighted by molar-refractivity contribution is 6.31. The number of halogens is 2. The number of carbonyl (C=O) groups excluding carboxylic acids is 1. The summed E-state index contributed by atoms with van der Waals surface area (Å²) in [5.74, 6) is -0.792. The molecule has 112 valence electrons. The van der Waals surface area contributed by atoms with Crippen molar-refractivity contribution >= 4 is 28.5 Å². The van der Waals surface area contributed by atoms with E-state index >= 15 is 0 Å². The first-order chi connectivity index (χ1) is 10.6. The van der Waals surface area contributed by atoms with Gasteiger partial charge < -0.3 is 9.30 Å². The van der Waals surface area contributed by atoms with Gasteiger partial charge in [-0.05, 0) is 18.2 Å². The van der Waals surface area contributed by atoms with Crippen molar-refractivity contribution in [3.8, 4) is 0 Å². The minimum Gasteiger partial charge on any atom is -0.465 e. The van der Waals surface area contributed by atoms with Crippen LogP contribution in [0.1, 0.15) is 15.9 Å². The van der Waals surface area contributed by atoms with Crippen LogP contribution < -0.4 is 0 Å². The summed E-state index contributed by atoms with van der Waals surface area (Å²) in [5.41, 5.74) is 1.66. The van der Waals surface area contributed by atoms with Gasteiger partial charge in [0.2, 0.25) is 0 Å². The molecular weight excluding hydrogens is 305 g/mol. The average molecular weight is 318 g/mol. The number of fused-ring (bicyclic) bond motifs is 1. The Labute approximate surface area is 131 Å². The third kappa shape index (κ3) is 2.46. The molecule has 3 nitrogen and oxygen atoms in total. The molecule has 0 aliphatic heterocycles. The van der Waals surface area contributed by atoms with Crippen LogP contribution in [0.4, 0.5) is 4.39 Å². The second-order valence-corrected chi connectivity index (χ2v) is 5.29. The molecule has 0 atom stereocenters. The first kappa shape index (κ1) is 14.6. The summed E-state index contributed by atoms with van der Waals surface area (Å²) in [7, 11) is 1.34. The molecule has 2 aromatic carbocycles. The molecule has 1 heterocycles. The fraction of sp³-hybridized carbons (Fsp3) is 0.118. The van der Waals surface area contributed by atoms with Crippen LogP contribution in [-0.2, 0) is 11.3 Å². The third-order valence-electron chi connectivity index (χ3n) is 3.58. The Balaban J connectivity index is 2.14. The van der Waals surface area contributed by atoms with Gasteiger partial charge in [-0.3, -0.25) is 0 Å². The molecule has 1 aromatic heterocycles. The van der Waals surface area contributed by atoms with Crippen LogP contribution in [0.5, 0.6) is 0 Å². The van der Waals surface area contributed by atoms with Crippen molar-refractivity contribution in [1.29, 1.82) is 0 Å². The smallest absolute Gasteiger partial charge is 0.340 e. The second kappa shape index (κ2) is 5.81. The zero-order valence-corrected chi connectivity index (χ0v) is 12.6. The first-order valence-corrected chi connectivity index (χ1v) is 7.08. The molecule has 22 heavy (non-hydrogen) atoms. The summed E-state index contributed by atoms with van der Waals surface area (Å²) in [6, 6.07) is 12.0. The fourth-order valence-electron chi connectivity index (χ4n) is 2.50. The standard InChI is InChI=1S/C17H13ClFNO2/c1-22-17(21)12-9-20(16-8-3-2-5-11(12)16)10-13-14(18)6-4-7-15(13)19/h2-9H,10H2,1H3. The lowest BCUT2D eigenvalue weighted by Crippen LogP contribution is -2.03. The van der Waals surface area contributed by atoms with Gasteiger partial charge in [0.15, 0.2) is 0 Å². The summed E-state index contributed by atoms with van der Waals surface area (Å²) in [6.07, 6.45) is 1.67. The number of benzene rings is 2. The van der Waals surface area contributed by atoms with Gasteiger partial charge in [0, 0.05) is 27.7 Å². The van der Waals surface area contributed by atoms with E-state index in [1.54, 1.807) is 22.9 Å². The van der Waals surface area contributed by atoms with Crippen molar-refractivity contribution < 1.29 is 13.9 Å². The summed E-state index contributed by atoms with van der Waals surface area (Å²) in [4.78, 5) is 11.9. The topological polar surface area (TPSA) is 31.2 Å².